The fraction of sp³-hybridized carbons (Fsp3) is 0.308. The van der Waals surface area contributed by atoms with Gasteiger partial charge in [0.2, 0.25) is 0 Å². The first kappa shape index (κ1) is 14.9. The highest BCUT2D eigenvalue weighted by molar-refractivity contribution is 7.90. The molecular weight excluding hydrogens is 272 g/mol. The van der Waals surface area contributed by atoms with E-state index < -0.39 is 15.1 Å². The largest absolute Gasteiger partial charge is 0.276 e. The van der Waals surface area contributed by atoms with E-state index in [1.54, 1.807) is 13.0 Å². The number of carbonyl (C=O) groups excluding carboxylic acids is 1. The fourth-order valence-corrected chi connectivity index (χ4v) is 2.83. The summed E-state index contributed by atoms with van der Waals surface area (Å²) >= 11 is 5.45. The summed E-state index contributed by atoms with van der Waals surface area (Å²) in [5, 5.41) is -0.651. The Morgan fingerprint density at radius 2 is 1.83 bits per heavy atom. The predicted molar refractivity (Wildman–Crippen MR) is 73.8 cm³/mol. The van der Waals surface area contributed by atoms with Crippen molar-refractivity contribution in [2.75, 3.05) is 6.26 Å². The number of hydrogen-bond acceptors (Lipinski definition) is 3. The van der Waals surface area contributed by atoms with Crippen molar-refractivity contribution in [3.63, 3.8) is 0 Å². The van der Waals surface area contributed by atoms with Gasteiger partial charge in [-0.05, 0) is 61.2 Å². The maximum absolute atomic E-state index is 11.8. The lowest BCUT2D eigenvalue weighted by Crippen LogP contribution is -2.06. The topological polar surface area (TPSA) is 51.2 Å². The van der Waals surface area contributed by atoms with Crippen LogP contribution in [-0.4, -0.2) is 19.9 Å². The van der Waals surface area contributed by atoms with E-state index in [1.165, 1.54) is 6.07 Å². The molecule has 0 atom stereocenters. The van der Waals surface area contributed by atoms with Crippen molar-refractivity contribution in [3.8, 4) is 0 Å². The van der Waals surface area contributed by atoms with Crippen LogP contribution in [0.2, 0.25) is 0 Å². The molecule has 0 fully saturated rings. The molecule has 0 N–H and O–H groups in total. The number of halogens is 1. The van der Waals surface area contributed by atoms with Gasteiger partial charge in [0.25, 0.3) is 5.24 Å². The van der Waals surface area contributed by atoms with Gasteiger partial charge in [-0.15, -0.1) is 0 Å². The molecule has 1 rings (SSSR count). The van der Waals surface area contributed by atoms with Crippen molar-refractivity contribution in [1.82, 2.24) is 0 Å². The highest BCUT2D eigenvalue weighted by Gasteiger charge is 2.18. The molecule has 0 saturated carbocycles. The van der Waals surface area contributed by atoms with Crippen LogP contribution in [0.5, 0.6) is 0 Å². The van der Waals surface area contributed by atoms with Gasteiger partial charge < -0.3 is 0 Å². The SMILES string of the molecule is C/C=C(/C)c1cc(C)c(C(=O)Cl)cc1S(C)(=O)=O. The minimum absolute atomic E-state index is 0.132. The van der Waals surface area contributed by atoms with Gasteiger partial charge in [-0.1, -0.05) is 6.08 Å². The third-order valence-corrected chi connectivity index (χ3v) is 4.14. The summed E-state index contributed by atoms with van der Waals surface area (Å²) in [7, 11) is -3.41. The summed E-state index contributed by atoms with van der Waals surface area (Å²) in [4.78, 5) is 11.4. The van der Waals surface area contributed by atoms with E-state index in [0.29, 0.717) is 11.1 Å². The monoisotopic (exact) mass is 286 g/mol. The molecule has 0 heterocycles. The Bertz CT molecular complexity index is 628. The average Bonchev–Trinajstić information content (AvgIpc) is 2.25. The normalized spacial score (nSPS) is 12.6. The Hall–Kier alpha value is -1.13. The van der Waals surface area contributed by atoms with E-state index in [9.17, 15) is 13.2 Å². The third kappa shape index (κ3) is 3.00. The van der Waals surface area contributed by atoms with Crippen LogP contribution in [0.3, 0.4) is 0 Å². The summed E-state index contributed by atoms with van der Waals surface area (Å²) < 4.78 is 23.6. The van der Waals surface area contributed by atoms with Crippen molar-refractivity contribution in [3.05, 3.63) is 34.9 Å². The Labute approximate surface area is 112 Å². The molecule has 0 bridgehead atoms. The molecule has 1 aromatic carbocycles. The van der Waals surface area contributed by atoms with Crippen molar-refractivity contribution in [1.29, 1.82) is 0 Å². The zero-order chi connectivity index (χ0) is 14.1. The smallest absolute Gasteiger partial charge is 0.252 e. The molecule has 18 heavy (non-hydrogen) atoms. The summed E-state index contributed by atoms with van der Waals surface area (Å²) in [5.41, 5.74) is 2.34. The molecule has 5 heteroatoms. The number of aryl methyl sites for hydroxylation is 1. The molecule has 0 aliphatic heterocycles. The number of hydrogen-bond donors (Lipinski definition) is 0. The Morgan fingerprint density at radius 1 is 1.28 bits per heavy atom. The summed E-state index contributed by atoms with van der Waals surface area (Å²) in [5.74, 6) is 0. The zero-order valence-electron chi connectivity index (χ0n) is 10.7. The average molecular weight is 287 g/mol. The van der Waals surface area contributed by atoms with Crippen LogP contribution in [0, 0.1) is 6.92 Å². The van der Waals surface area contributed by atoms with E-state index in [1.807, 2.05) is 19.9 Å². The van der Waals surface area contributed by atoms with Crippen LogP contribution in [0.15, 0.2) is 23.1 Å². The molecule has 0 unspecified atom stereocenters. The maximum Gasteiger partial charge on any atom is 0.252 e. The second kappa shape index (κ2) is 5.24. The van der Waals surface area contributed by atoms with Crippen LogP contribution < -0.4 is 0 Å². The molecule has 0 radical (unpaired) electrons. The molecular formula is C13H15ClO3S. The minimum Gasteiger partial charge on any atom is -0.276 e. The van der Waals surface area contributed by atoms with Crippen LogP contribution in [0.1, 0.15) is 35.3 Å². The second-order valence-corrected chi connectivity index (χ2v) is 6.51. The van der Waals surface area contributed by atoms with Crippen LogP contribution in [-0.2, 0) is 9.84 Å². The molecule has 3 nitrogen and oxygen atoms in total. The molecule has 0 spiro atoms. The molecule has 0 aromatic heterocycles. The van der Waals surface area contributed by atoms with Crippen molar-refractivity contribution < 1.29 is 13.2 Å². The van der Waals surface area contributed by atoms with Gasteiger partial charge in [-0.3, -0.25) is 4.79 Å². The minimum atomic E-state index is -3.41. The van der Waals surface area contributed by atoms with Crippen LogP contribution in [0.25, 0.3) is 5.57 Å². The van der Waals surface area contributed by atoms with Crippen molar-refractivity contribution >= 4 is 32.3 Å². The number of allylic oxidation sites excluding steroid dienone is 2. The quantitative estimate of drug-likeness (QED) is 0.802. The summed E-state index contributed by atoms with van der Waals surface area (Å²) in [6.45, 7) is 5.39. The van der Waals surface area contributed by atoms with E-state index >= 15 is 0 Å². The second-order valence-electron chi connectivity index (χ2n) is 4.18. The Kier molecular flexibility index (Phi) is 4.35. The van der Waals surface area contributed by atoms with Crippen molar-refractivity contribution in [2.24, 2.45) is 0 Å². The standard InChI is InChI=1S/C13H15ClO3S/c1-5-8(2)10-6-9(3)11(13(14)15)7-12(10)18(4,16)17/h5-7H,1-4H3/b8-5-. The van der Waals surface area contributed by atoms with Gasteiger partial charge in [-0.25, -0.2) is 8.42 Å². The number of sulfone groups is 1. The van der Waals surface area contributed by atoms with E-state index in [0.717, 1.165) is 11.8 Å². The molecule has 0 amide bonds. The summed E-state index contributed by atoms with van der Waals surface area (Å²) in [6, 6.07) is 3.03. The molecule has 1 aromatic rings. The number of benzene rings is 1. The molecule has 0 aliphatic rings. The predicted octanol–water partition coefficient (Wildman–Crippen LogP) is 3.20. The molecule has 98 valence electrons. The van der Waals surface area contributed by atoms with Crippen LogP contribution in [0.4, 0.5) is 0 Å². The third-order valence-electron chi connectivity index (χ3n) is 2.80. The lowest BCUT2D eigenvalue weighted by Gasteiger charge is -2.12. The van der Waals surface area contributed by atoms with E-state index in [2.05, 4.69) is 0 Å². The van der Waals surface area contributed by atoms with Gasteiger partial charge in [0.15, 0.2) is 9.84 Å². The lowest BCUT2D eigenvalue weighted by atomic mass is 10.0. The lowest BCUT2D eigenvalue weighted by molar-refractivity contribution is 0.108. The van der Waals surface area contributed by atoms with Gasteiger partial charge >= 0.3 is 0 Å². The Balaban J connectivity index is 3.74. The van der Waals surface area contributed by atoms with Gasteiger partial charge in [0.1, 0.15) is 0 Å². The summed E-state index contributed by atoms with van der Waals surface area (Å²) in [6.07, 6.45) is 2.94. The van der Waals surface area contributed by atoms with Crippen molar-refractivity contribution in [2.45, 2.75) is 25.7 Å². The van der Waals surface area contributed by atoms with Crippen LogP contribution >= 0.6 is 11.6 Å². The van der Waals surface area contributed by atoms with E-state index in [-0.39, 0.29) is 10.5 Å². The van der Waals surface area contributed by atoms with Gasteiger partial charge in [0, 0.05) is 11.8 Å². The maximum atomic E-state index is 11.8. The zero-order valence-corrected chi connectivity index (χ0v) is 12.3. The first-order chi connectivity index (χ1) is 8.18. The van der Waals surface area contributed by atoms with Gasteiger partial charge in [-0.2, -0.15) is 0 Å². The highest BCUT2D eigenvalue weighted by atomic mass is 35.5. The number of carbonyl (C=O) groups is 1. The van der Waals surface area contributed by atoms with Gasteiger partial charge in [0.05, 0.1) is 4.90 Å². The first-order valence-electron chi connectivity index (χ1n) is 5.36. The molecule has 0 saturated heterocycles. The number of rotatable bonds is 3. The highest BCUT2D eigenvalue weighted by Crippen LogP contribution is 2.27. The first-order valence-corrected chi connectivity index (χ1v) is 7.63. The fourth-order valence-electron chi connectivity index (χ4n) is 1.67. The Morgan fingerprint density at radius 3 is 2.22 bits per heavy atom. The van der Waals surface area contributed by atoms with E-state index in [4.69, 9.17) is 11.6 Å². The molecule has 0 aliphatic carbocycles.